The Kier molecular flexibility index (Phi) is 10.4. The summed E-state index contributed by atoms with van der Waals surface area (Å²) in [5, 5.41) is 0. The molecule has 102 valence electrons. The Bertz CT molecular complexity index is 191. The first-order chi connectivity index (χ1) is 8.22. The lowest BCUT2D eigenvalue weighted by atomic mass is 10.2. The quantitative estimate of drug-likeness (QED) is 0.610. The van der Waals surface area contributed by atoms with Gasteiger partial charge in [-0.15, -0.1) is 0 Å². The van der Waals surface area contributed by atoms with Crippen LogP contribution in [0.4, 0.5) is 0 Å². The Balaban J connectivity index is 0.00000121. The number of nitrogens with zero attached hydrogens (tertiary/aromatic N) is 1. The normalized spacial score (nSPS) is 16.0. The van der Waals surface area contributed by atoms with Gasteiger partial charge in [0, 0.05) is 26.3 Å². The van der Waals surface area contributed by atoms with E-state index in [0.29, 0.717) is 12.7 Å². The summed E-state index contributed by atoms with van der Waals surface area (Å²) in [6.45, 7) is 12.5. The summed E-state index contributed by atoms with van der Waals surface area (Å²) in [4.78, 5) is 12.9. The average molecular weight is 245 g/mol. The lowest BCUT2D eigenvalue weighted by molar-refractivity contribution is -0.121. The van der Waals surface area contributed by atoms with Crippen LogP contribution in [-0.4, -0.2) is 56.2 Å². The Morgan fingerprint density at radius 3 is 2.47 bits per heavy atom. The molecule has 1 saturated heterocycles. The van der Waals surface area contributed by atoms with E-state index in [-0.39, 0.29) is 12.4 Å². The second kappa shape index (κ2) is 10.7. The van der Waals surface area contributed by atoms with Crippen LogP contribution in [0.1, 0.15) is 34.1 Å². The van der Waals surface area contributed by atoms with Crippen molar-refractivity contribution in [2.75, 3.05) is 39.5 Å². The molecule has 0 aromatic rings. The van der Waals surface area contributed by atoms with E-state index < -0.39 is 0 Å². The monoisotopic (exact) mass is 245 g/mol. The van der Waals surface area contributed by atoms with Crippen LogP contribution in [0.2, 0.25) is 0 Å². The maximum Gasteiger partial charge on any atom is 0.155 e. The maximum atomic E-state index is 10.5. The van der Waals surface area contributed by atoms with Crippen molar-refractivity contribution in [2.24, 2.45) is 0 Å². The fourth-order valence-corrected chi connectivity index (χ4v) is 1.51. The van der Waals surface area contributed by atoms with Crippen LogP contribution in [0.5, 0.6) is 0 Å². The van der Waals surface area contributed by atoms with Crippen LogP contribution >= 0.6 is 0 Å². The van der Waals surface area contributed by atoms with E-state index in [2.05, 4.69) is 11.8 Å². The number of likely N-dealkylation sites (tertiary alicyclic amines) is 1. The minimum absolute atomic E-state index is 0.0773. The van der Waals surface area contributed by atoms with Crippen molar-refractivity contribution >= 4 is 5.78 Å². The van der Waals surface area contributed by atoms with Gasteiger partial charge in [0.05, 0.1) is 6.10 Å². The zero-order valence-electron chi connectivity index (χ0n) is 11.7. The summed E-state index contributed by atoms with van der Waals surface area (Å²) in [5.74, 6) is 0.0773. The van der Waals surface area contributed by atoms with Gasteiger partial charge in [0.2, 0.25) is 0 Å². The van der Waals surface area contributed by atoms with Gasteiger partial charge >= 0.3 is 0 Å². The summed E-state index contributed by atoms with van der Waals surface area (Å²) in [6, 6.07) is 0. The van der Waals surface area contributed by atoms with Gasteiger partial charge in [-0.05, 0) is 19.9 Å². The van der Waals surface area contributed by atoms with Gasteiger partial charge in [0.1, 0.15) is 6.61 Å². The largest absolute Gasteiger partial charge is 0.375 e. The molecule has 0 bridgehead atoms. The molecule has 0 spiro atoms. The highest BCUT2D eigenvalue weighted by Gasteiger charge is 2.25. The second-order valence-electron chi connectivity index (χ2n) is 3.95. The Hall–Kier alpha value is -0.450. The molecule has 1 heterocycles. The molecule has 17 heavy (non-hydrogen) atoms. The third kappa shape index (κ3) is 8.30. The van der Waals surface area contributed by atoms with Crippen LogP contribution in [0, 0.1) is 0 Å². The van der Waals surface area contributed by atoms with Gasteiger partial charge in [-0.3, -0.25) is 9.69 Å². The summed E-state index contributed by atoms with van der Waals surface area (Å²) in [6.07, 6.45) is 1.29. The molecule has 0 aromatic heterocycles. The van der Waals surface area contributed by atoms with Gasteiger partial charge in [-0.2, -0.15) is 0 Å². The highest BCUT2D eigenvalue weighted by atomic mass is 16.5. The van der Waals surface area contributed by atoms with Gasteiger partial charge in [-0.25, -0.2) is 0 Å². The van der Waals surface area contributed by atoms with E-state index in [1.165, 1.54) is 6.92 Å². The second-order valence-corrected chi connectivity index (χ2v) is 3.95. The number of likely N-dealkylation sites (N-methyl/N-ethyl adjacent to an activating group) is 1. The molecule has 0 aliphatic carbocycles. The van der Waals surface area contributed by atoms with Crippen molar-refractivity contribution in [3.05, 3.63) is 0 Å². The molecular weight excluding hydrogens is 218 g/mol. The van der Waals surface area contributed by atoms with E-state index in [4.69, 9.17) is 9.47 Å². The fraction of sp³-hybridized carbons (Fsp3) is 0.923. The molecule has 4 heteroatoms. The van der Waals surface area contributed by atoms with E-state index in [1.807, 2.05) is 13.8 Å². The first-order valence-electron chi connectivity index (χ1n) is 6.63. The van der Waals surface area contributed by atoms with Gasteiger partial charge in [0.15, 0.2) is 5.78 Å². The van der Waals surface area contributed by atoms with Crippen molar-refractivity contribution < 1.29 is 14.3 Å². The lowest BCUT2D eigenvalue weighted by Crippen LogP contribution is -2.51. The minimum atomic E-state index is 0.0773. The Morgan fingerprint density at radius 1 is 1.29 bits per heavy atom. The number of carbonyl (C=O) groups is 1. The molecule has 1 rings (SSSR count). The Labute approximate surface area is 105 Å². The SMILES string of the molecule is CC.CCN1CC(OCCCOCC(C)=O)C1. The predicted molar refractivity (Wildman–Crippen MR) is 69.3 cm³/mol. The molecule has 1 aliphatic heterocycles. The zero-order chi connectivity index (χ0) is 13.1. The number of hydrogen-bond acceptors (Lipinski definition) is 4. The number of ketones is 1. The highest BCUT2D eigenvalue weighted by Crippen LogP contribution is 2.10. The third-order valence-corrected chi connectivity index (χ3v) is 2.46. The van der Waals surface area contributed by atoms with E-state index in [1.54, 1.807) is 0 Å². The van der Waals surface area contributed by atoms with Gasteiger partial charge in [0.25, 0.3) is 0 Å². The van der Waals surface area contributed by atoms with Crippen molar-refractivity contribution in [3.63, 3.8) is 0 Å². The van der Waals surface area contributed by atoms with Crippen molar-refractivity contribution in [3.8, 4) is 0 Å². The molecule has 0 N–H and O–H groups in total. The molecule has 1 fully saturated rings. The van der Waals surface area contributed by atoms with Crippen molar-refractivity contribution in [2.45, 2.75) is 40.2 Å². The lowest BCUT2D eigenvalue weighted by Gasteiger charge is -2.38. The van der Waals surface area contributed by atoms with E-state index in [9.17, 15) is 4.79 Å². The van der Waals surface area contributed by atoms with Crippen molar-refractivity contribution in [1.29, 1.82) is 0 Å². The maximum absolute atomic E-state index is 10.5. The Morgan fingerprint density at radius 2 is 1.94 bits per heavy atom. The summed E-state index contributed by atoms with van der Waals surface area (Å²) >= 11 is 0. The third-order valence-electron chi connectivity index (χ3n) is 2.46. The van der Waals surface area contributed by atoms with Crippen LogP contribution in [-0.2, 0) is 14.3 Å². The number of ether oxygens (including phenoxy) is 2. The van der Waals surface area contributed by atoms with Crippen molar-refractivity contribution in [1.82, 2.24) is 4.90 Å². The summed E-state index contributed by atoms with van der Waals surface area (Å²) in [7, 11) is 0. The number of hydrogen-bond donors (Lipinski definition) is 0. The first kappa shape index (κ1) is 16.6. The number of Topliss-reactive ketones (excluding diaryl/α,β-unsaturated/α-hetero) is 1. The predicted octanol–water partition coefficient (Wildman–Crippen LogP) is 1.73. The number of carbonyl (C=O) groups excluding carboxylic acids is 1. The van der Waals surface area contributed by atoms with E-state index in [0.717, 1.165) is 32.7 Å². The first-order valence-corrected chi connectivity index (χ1v) is 6.63. The molecule has 0 aromatic carbocycles. The molecule has 1 aliphatic rings. The molecule has 0 unspecified atom stereocenters. The standard InChI is InChI=1S/C11H21NO3.C2H6/c1-3-12-7-11(8-12)15-6-4-5-14-9-10(2)13;1-2/h11H,3-9H2,1-2H3;1-2H3. The number of rotatable bonds is 8. The minimum Gasteiger partial charge on any atom is -0.375 e. The fourth-order valence-electron chi connectivity index (χ4n) is 1.51. The smallest absolute Gasteiger partial charge is 0.155 e. The van der Waals surface area contributed by atoms with Gasteiger partial charge < -0.3 is 9.47 Å². The molecule has 0 atom stereocenters. The van der Waals surface area contributed by atoms with Crippen LogP contribution in [0.25, 0.3) is 0 Å². The highest BCUT2D eigenvalue weighted by molar-refractivity contribution is 5.76. The van der Waals surface area contributed by atoms with Crippen LogP contribution in [0.3, 0.4) is 0 Å². The molecule has 0 saturated carbocycles. The average Bonchev–Trinajstić information content (AvgIpc) is 2.27. The summed E-state index contributed by atoms with van der Waals surface area (Å²) in [5.41, 5.74) is 0. The van der Waals surface area contributed by atoms with Crippen LogP contribution < -0.4 is 0 Å². The zero-order valence-corrected chi connectivity index (χ0v) is 11.7. The van der Waals surface area contributed by atoms with E-state index >= 15 is 0 Å². The molecule has 0 amide bonds. The molecular formula is C13H27NO3. The molecule has 0 radical (unpaired) electrons. The summed E-state index contributed by atoms with van der Waals surface area (Å²) < 4.78 is 10.7. The molecule has 4 nitrogen and oxygen atoms in total. The van der Waals surface area contributed by atoms with Crippen LogP contribution in [0.15, 0.2) is 0 Å². The topological polar surface area (TPSA) is 38.8 Å². The van der Waals surface area contributed by atoms with Gasteiger partial charge in [-0.1, -0.05) is 20.8 Å².